The summed E-state index contributed by atoms with van der Waals surface area (Å²) in [6.07, 6.45) is 2.73. The van der Waals surface area contributed by atoms with Crippen LogP contribution in [0.5, 0.6) is 0 Å². The summed E-state index contributed by atoms with van der Waals surface area (Å²) in [7, 11) is 0. The molecule has 86 valence electrons. The molecule has 0 saturated carbocycles. The number of aryl methyl sites for hydroxylation is 2. The van der Waals surface area contributed by atoms with Crippen molar-refractivity contribution in [3.63, 3.8) is 0 Å². The van der Waals surface area contributed by atoms with Gasteiger partial charge in [0.15, 0.2) is 0 Å². The van der Waals surface area contributed by atoms with Crippen molar-refractivity contribution in [2.24, 2.45) is 0 Å². The van der Waals surface area contributed by atoms with Gasteiger partial charge in [0.2, 0.25) is 5.89 Å². The zero-order chi connectivity index (χ0) is 11.4. The molecule has 0 unspecified atom stereocenters. The van der Waals surface area contributed by atoms with Crippen molar-refractivity contribution >= 4 is 11.3 Å². The highest BCUT2D eigenvalue weighted by atomic mass is 32.1. The topological polar surface area (TPSA) is 51.0 Å². The van der Waals surface area contributed by atoms with Crippen LogP contribution < -0.4 is 5.32 Å². The fraction of sp³-hybridized carbons (Fsp3) is 0.455. The van der Waals surface area contributed by atoms with Gasteiger partial charge in [-0.15, -0.1) is 11.3 Å². The molecule has 0 radical (unpaired) electrons. The first-order chi connectivity index (χ1) is 7.78. The molecule has 5 heteroatoms. The smallest absolute Gasteiger partial charge is 0.208 e. The summed E-state index contributed by atoms with van der Waals surface area (Å²) in [6.45, 7) is 5.42. The van der Waals surface area contributed by atoms with Crippen LogP contribution in [0, 0.1) is 6.92 Å². The number of thiazole rings is 1. The molecule has 0 saturated heterocycles. The lowest BCUT2D eigenvalue weighted by Gasteiger charge is -1.98. The second-order valence-electron chi connectivity index (χ2n) is 3.55. The fourth-order valence-corrected chi connectivity index (χ4v) is 2.12. The van der Waals surface area contributed by atoms with Gasteiger partial charge in [0.25, 0.3) is 0 Å². The monoisotopic (exact) mass is 237 g/mol. The predicted molar refractivity (Wildman–Crippen MR) is 63.3 cm³/mol. The second kappa shape index (κ2) is 5.23. The van der Waals surface area contributed by atoms with E-state index < -0.39 is 0 Å². The van der Waals surface area contributed by atoms with Gasteiger partial charge in [-0.3, -0.25) is 0 Å². The first-order valence-corrected chi connectivity index (χ1v) is 6.21. The molecule has 0 amide bonds. The zero-order valence-electron chi connectivity index (χ0n) is 9.49. The van der Waals surface area contributed by atoms with Crippen molar-refractivity contribution in [2.75, 3.05) is 0 Å². The Balaban J connectivity index is 1.79. The number of hydrogen-bond acceptors (Lipinski definition) is 5. The van der Waals surface area contributed by atoms with Crippen molar-refractivity contribution in [3.8, 4) is 0 Å². The molecule has 4 nitrogen and oxygen atoms in total. The molecule has 0 aliphatic carbocycles. The molecule has 1 N–H and O–H groups in total. The molecule has 2 rings (SSSR count). The number of aromatic nitrogens is 2. The Morgan fingerprint density at radius 3 is 2.94 bits per heavy atom. The van der Waals surface area contributed by atoms with Crippen molar-refractivity contribution in [2.45, 2.75) is 33.4 Å². The summed E-state index contributed by atoms with van der Waals surface area (Å²) >= 11 is 1.71. The summed E-state index contributed by atoms with van der Waals surface area (Å²) in [6, 6.07) is 0. The molecule has 0 fully saturated rings. The third-order valence-electron chi connectivity index (χ3n) is 2.15. The average molecular weight is 237 g/mol. The van der Waals surface area contributed by atoms with E-state index in [4.69, 9.17) is 4.42 Å². The van der Waals surface area contributed by atoms with Gasteiger partial charge >= 0.3 is 0 Å². The van der Waals surface area contributed by atoms with Crippen LogP contribution in [0.3, 0.4) is 0 Å². The molecular weight excluding hydrogens is 222 g/mol. The van der Waals surface area contributed by atoms with Crippen LogP contribution in [0.4, 0.5) is 0 Å². The molecule has 0 bridgehead atoms. The van der Waals surface area contributed by atoms with Crippen molar-refractivity contribution in [1.82, 2.24) is 15.3 Å². The van der Waals surface area contributed by atoms with E-state index in [2.05, 4.69) is 27.6 Å². The molecular formula is C11H15N3OS. The quantitative estimate of drug-likeness (QED) is 0.867. The molecule has 0 atom stereocenters. The molecule has 2 aromatic rings. The maximum absolute atomic E-state index is 5.36. The lowest BCUT2D eigenvalue weighted by Crippen LogP contribution is -2.13. The van der Waals surface area contributed by atoms with Gasteiger partial charge in [-0.05, 0) is 13.3 Å². The van der Waals surface area contributed by atoms with Gasteiger partial charge in [0.1, 0.15) is 5.76 Å². The van der Waals surface area contributed by atoms with E-state index in [9.17, 15) is 0 Å². The van der Waals surface area contributed by atoms with Gasteiger partial charge in [-0.2, -0.15) is 0 Å². The van der Waals surface area contributed by atoms with Gasteiger partial charge in [-0.1, -0.05) is 6.92 Å². The highest BCUT2D eigenvalue weighted by Crippen LogP contribution is 2.10. The van der Waals surface area contributed by atoms with Crippen LogP contribution in [-0.2, 0) is 19.5 Å². The molecule has 0 spiro atoms. The van der Waals surface area contributed by atoms with Gasteiger partial charge < -0.3 is 9.73 Å². The third-order valence-corrected chi connectivity index (χ3v) is 3.20. The van der Waals surface area contributed by atoms with Crippen LogP contribution in [-0.4, -0.2) is 9.97 Å². The third kappa shape index (κ3) is 2.90. The first kappa shape index (κ1) is 11.3. The van der Waals surface area contributed by atoms with Gasteiger partial charge in [0.05, 0.1) is 23.4 Å². The Hall–Kier alpha value is -1.20. The summed E-state index contributed by atoms with van der Waals surface area (Å²) < 4.78 is 5.36. The lowest BCUT2D eigenvalue weighted by atomic mass is 10.4. The number of hydrogen-bond donors (Lipinski definition) is 1. The van der Waals surface area contributed by atoms with Crippen LogP contribution in [0.2, 0.25) is 0 Å². The lowest BCUT2D eigenvalue weighted by molar-refractivity contribution is 0.448. The van der Waals surface area contributed by atoms with Crippen LogP contribution in [0.1, 0.15) is 29.3 Å². The standard InChI is InChI=1S/C11H15N3OS/c1-3-11-14-9(7-16-11)5-12-6-10-13-4-8(2)15-10/h4,7,12H,3,5-6H2,1-2H3. The van der Waals surface area contributed by atoms with E-state index >= 15 is 0 Å². The molecule has 0 aliphatic rings. The highest BCUT2D eigenvalue weighted by molar-refractivity contribution is 7.09. The minimum Gasteiger partial charge on any atom is -0.445 e. The first-order valence-electron chi connectivity index (χ1n) is 5.33. The van der Waals surface area contributed by atoms with Crippen molar-refractivity contribution < 1.29 is 4.42 Å². The molecule has 16 heavy (non-hydrogen) atoms. The van der Waals surface area contributed by atoms with E-state index in [-0.39, 0.29) is 0 Å². The number of nitrogens with zero attached hydrogens (tertiary/aromatic N) is 2. The Morgan fingerprint density at radius 2 is 2.31 bits per heavy atom. The second-order valence-corrected chi connectivity index (χ2v) is 4.50. The number of oxazole rings is 1. The number of rotatable bonds is 5. The van der Waals surface area contributed by atoms with Crippen molar-refractivity contribution in [1.29, 1.82) is 0 Å². The molecule has 0 aromatic carbocycles. The minimum atomic E-state index is 0.646. The van der Waals surface area contributed by atoms with E-state index in [0.29, 0.717) is 6.54 Å². The summed E-state index contributed by atoms with van der Waals surface area (Å²) in [5.74, 6) is 1.57. The SMILES string of the molecule is CCc1nc(CNCc2ncc(C)o2)cs1. The van der Waals surface area contributed by atoms with Crippen LogP contribution in [0.15, 0.2) is 16.0 Å². The van der Waals surface area contributed by atoms with Gasteiger partial charge in [-0.25, -0.2) is 9.97 Å². The number of nitrogens with one attached hydrogen (secondary N) is 1. The summed E-state index contributed by atoms with van der Waals surface area (Å²) in [4.78, 5) is 8.59. The highest BCUT2D eigenvalue weighted by Gasteiger charge is 2.02. The maximum Gasteiger partial charge on any atom is 0.208 e. The van der Waals surface area contributed by atoms with E-state index in [0.717, 1.165) is 30.3 Å². The summed E-state index contributed by atoms with van der Waals surface area (Å²) in [5, 5.41) is 6.53. The van der Waals surface area contributed by atoms with Gasteiger partial charge in [0, 0.05) is 11.9 Å². The maximum atomic E-state index is 5.36. The van der Waals surface area contributed by atoms with E-state index in [1.807, 2.05) is 6.92 Å². The molecule has 0 aliphatic heterocycles. The largest absolute Gasteiger partial charge is 0.445 e. The Morgan fingerprint density at radius 1 is 1.44 bits per heavy atom. The molecule has 2 heterocycles. The zero-order valence-corrected chi connectivity index (χ0v) is 10.3. The Labute approximate surface area is 98.7 Å². The van der Waals surface area contributed by atoms with Crippen molar-refractivity contribution in [3.05, 3.63) is 33.9 Å². The Kier molecular flexibility index (Phi) is 3.69. The normalized spacial score (nSPS) is 10.9. The van der Waals surface area contributed by atoms with E-state index in [1.165, 1.54) is 5.01 Å². The van der Waals surface area contributed by atoms with Crippen LogP contribution >= 0.6 is 11.3 Å². The average Bonchev–Trinajstić information content (AvgIpc) is 2.88. The van der Waals surface area contributed by atoms with E-state index in [1.54, 1.807) is 17.5 Å². The fourth-order valence-electron chi connectivity index (χ4n) is 1.37. The predicted octanol–water partition coefficient (Wildman–Crippen LogP) is 2.29. The van der Waals surface area contributed by atoms with Crippen LogP contribution in [0.25, 0.3) is 0 Å². The molecule has 2 aromatic heterocycles. The Bertz CT molecular complexity index is 450. The minimum absolute atomic E-state index is 0.646. The summed E-state index contributed by atoms with van der Waals surface area (Å²) in [5.41, 5.74) is 1.09.